The molecule has 0 saturated heterocycles. The summed E-state index contributed by atoms with van der Waals surface area (Å²) in [4.78, 5) is 18.5. The van der Waals surface area contributed by atoms with Crippen molar-refractivity contribution in [1.29, 1.82) is 0 Å². The number of rotatable bonds is 1. The molecular formula is HClNO3P-2. The molecule has 6 heavy (non-hydrogen) atoms. The number of hydrogen-bond acceptors (Lipinski definition) is 3. The molecule has 0 atom stereocenters. The Labute approximate surface area is 39.4 Å². The van der Waals surface area contributed by atoms with Crippen LogP contribution in [-0.2, 0) is 4.57 Å². The van der Waals surface area contributed by atoms with Gasteiger partial charge >= 0.3 is 0 Å². The van der Waals surface area contributed by atoms with Gasteiger partial charge in [0.15, 0.2) is 0 Å². The summed E-state index contributed by atoms with van der Waals surface area (Å²) in [6.07, 6.45) is 0. The van der Waals surface area contributed by atoms with Crippen molar-refractivity contribution in [2.24, 2.45) is 0 Å². The Morgan fingerprint density at radius 1 is 1.67 bits per heavy atom. The van der Waals surface area contributed by atoms with Gasteiger partial charge in [0.05, 0.1) is 0 Å². The van der Waals surface area contributed by atoms with Crippen LogP contribution in [0.4, 0.5) is 0 Å². The molecule has 0 aliphatic heterocycles. The number of nitrogens with one attached hydrogen (secondary N) is 1. The highest BCUT2D eigenvalue weighted by atomic mass is 35.5. The van der Waals surface area contributed by atoms with Crippen molar-refractivity contribution >= 4 is 19.5 Å². The minimum absolute atomic E-state index is 1.02. The second-order valence-corrected chi connectivity index (χ2v) is 2.25. The quantitative estimate of drug-likeness (QED) is 0.348. The highest BCUT2D eigenvalue weighted by molar-refractivity contribution is 7.48. The maximum absolute atomic E-state index is 9.23. The van der Waals surface area contributed by atoms with Crippen LogP contribution in [0.1, 0.15) is 0 Å². The molecule has 0 aromatic carbocycles. The third kappa shape index (κ3) is 4.40. The summed E-state index contributed by atoms with van der Waals surface area (Å²) in [7, 11) is -4.63. The Balaban J connectivity index is 3.48. The fourth-order valence-corrected chi connectivity index (χ4v) is 0. The highest BCUT2D eigenvalue weighted by Gasteiger charge is 1.76. The van der Waals surface area contributed by atoms with Gasteiger partial charge in [-0.25, -0.2) is 4.61 Å². The maximum Gasteiger partial charge on any atom is 0.0123 e. The summed E-state index contributed by atoms with van der Waals surface area (Å²) in [6, 6.07) is 0. The minimum Gasteiger partial charge on any atom is -0.799 e. The molecule has 38 valence electrons. The van der Waals surface area contributed by atoms with Crippen molar-refractivity contribution in [3.8, 4) is 0 Å². The van der Waals surface area contributed by atoms with Crippen molar-refractivity contribution < 1.29 is 14.4 Å². The Morgan fingerprint density at radius 3 is 1.83 bits per heavy atom. The lowest BCUT2D eigenvalue weighted by Gasteiger charge is -2.25. The monoisotopic (exact) mass is 129 g/mol. The van der Waals surface area contributed by atoms with Crippen LogP contribution in [0.15, 0.2) is 0 Å². The van der Waals surface area contributed by atoms with Gasteiger partial charge in [-0.15, -0.1) is 0 Å². The van der Waals surface area contributed by atoms with Crippen molar-refractivity contribution in [2.75, 3.05) is 0 Å². The molecular weight excluding hydrogens is 128 g/mol. The molecule has 4 nitrogen and oxygen atoms in total. The first kappa shape index (κ1) is 6.40. The van der Waals surface area contributed by atoms with E-state index in [2.05, 4.69) is 11.8 Å². The molecule has 6 heteroatoms. The van der Waals surface area contributed by atoms with Crippen LogP contribution < -0.4 is 14.4 Å². The van der Waals surface area contributed by atoms with Gasteiger partial charge in [0.1, 0.15) is 0 Å². The van der Waals surface area contributed by atoms with Crippen LogP contribution in [-0.4, -0.2) is 0 Å². The molecule has 0 spiro atoms. The van der Waals surface area contributed by atoms with Gasteiger partial charge < -0.3 is 14.4 Å². The van der Waals surface area contributed by atoms with Crippen LogP contribution in [0, 0.1) is 0 Å². The predicted octanol–water partition coefficient (Wildman–Crippen LogP) is -1.44. The average molecular weight is 129 g/mol. The van der Waals surface area contributed by atoms with Gasteiger partial charge in [-0.2, -0.15) is 0 Å². The molecule has 0 saturated carbocycles. The molecule has 0 bridgehead atoms. The second-order valence-electron chi connectivity index (χ2n) is 0.582. The first-order valence-corrected chi connectivity index (χ1v) is 2.88. The molecule has 1 N–H and O–H groups in total. The third-order valence-electron chi connectivity index (χ3n) is 0.104. The molecule has 0 aromatic heterocycles. The van der Waals surface area contributed by atoms with Gasteiger partial charge in [0, 0.05) is 7.75 Å². The SMILES string of the molecule is O=P([O-])([O-])NCl. The lowest BCUT2D eigenvalue weighted by molar-refractivity contribution is -0.315. The summed E-state index contributed by atoms with van der Waals surface area (Å²) in [5.74, 6) is 0. The zero-order chi connectivity index (χ0) is 5.21. The molecule has 0 aliphatic carbocycles. The van der Waals surface area contributed by atoms with Gasteiger partial charge in [0.2, 0.25) is 0 Å². The van der Waals surface area contributed by atoms with Crippen LogP contribution in [0.3, 0.4) is 0 Å². The Hall–Kier alpha value is 0.400. The Morgan fingerprint density at radius 2 is 1.83 bits per heavy atom. The van der Waals surface area contributed by atoms with E-state index in [0.717, 1.165) is 4.61 Å². The van der Waals surface area contributed by atoms with E-state index in [-0.39, 0.29) is 0 Å². The molecule has 0 unspecified atom stereocenters. The van der Waals surface area contributed by atoms with E-state index in [0.29, 0.717) is 0 Å². The van der Waals surface area contributed by atoms with Crippen LogP contribution in [0.5, 0.6) is 0 Å². The molecule has 0 heterocycles. The van der Waals surface area contributed by atoms with E-state index >= 15 is 0 Å². The predicted molar refractivity (Wildman–Crippen MR) is 16.6 cm³/mol. The second kappa shape index (κ2) is 1.91. The lowest BCUT2D eigenvalue weighted by Crippen LogP contribution is -2.21. The summed E-state index contributed by atoms with van der Waals surface area (Å²) in [5.41, 5.74) is 0. The average Bonchev–Trinajstić information content (AvgIpc) is 1.35. The first-order chi connectivity index (χ1) is 2.56. The standard InChI is InChI=1S/ClH3NO3P/c1-2-6(3,4)5/h(H3,2,3,4,5)/p-2. The van der Waals surface area contributed by atoms with Crippen LogP contribution in [0.25, 0.3) is 0 Å². The van der Waals surface area contributed by atoms with E-state index in [9.17, 15) is 14.4 Å². The third-order valence-corrected chi connectivity index (χ3v) is 0.932. The van der Waals surface area contributed by atoms with E-state index in [1.165, 1.54) is 0 Å². The van der Waals surface area contributed by atoms with Crippen molar-refractivity contribution in [3.63, 3.8) is 0 Å². The summed E-state index contributed by atoms with van der Waals surface area (Å²) in [5, 5.41) is 0. The number of halogens is 1. The van der Waals surface area contributed by atoms with Gasteiger partial charge in [-0.1, -0.05) is 0 Å². The summed E-state index contributed by atoms with van der Waals surface area (Å²) in [6.45, 7) is 0. The fraction of sp³-hybridized carbons (Fsp3) is 0. The highest BCUT2D eigenvalue weighted by Crippen LogP contribution is 2.15. The number of hydrogen-bond donors (Lipinski definition) is 1. The minimum atomic E-state index is -4.63. The van der Waals surface area contributed by atoms with E-state index in [1.807, 2.05) is 0 Å². The van der Waals surface area contributed by atoms with Gasteiger partial charge in [-0.3, -0.25) is 0 Å². The Kier molecular flexibility index (Phi) is 2.04. The summed E-state index contributed by atoms with van der Waals surface area (Å²) >= 11 is 4.34. The zero-order valence-electron chi connectivity index (χ0n) is 2.55. The topological polar surface area (TPSA) is 75.2 Å². The zero-order valence-corrected chi connectivity index (χ0v) is 4.20. The van der Waals surface area contributed by atoms with Crippen molar-refractivity contribution in [2.45, 2.75) is 0 Å². The molecule has 0 fully saturated rings. The Bertz CT molecular complexity index is 74.9. The van der Waals surface area contributed by atoms with Crippen molar-refractivity contribution in [3.05, 3.63) is 0 Å². The smallest absolute Gasteiger partial charge is 0.0123 e. The van der Waals surface area contributed by atoms with E-state index in [1.54, 1.807) is 0 Å². The first-order valence-electron chi connectivity index (χ1n) is 0.960. The van der Waals surface area contributed by atoms with Crippen LogP contribution in [0.2, 0.25) is 0 Å². The molecule has 0 radical (unpaired) electrons. The molecule has 0 amide bonds. The normalized spacial score (nSPS) is 11.8. The maximum atomic E-state index is 9.23. The lowest BCUT2D eigenvalue weighted by atomic mass is 13.9. The largest absolute Gasteiger partial charge is 0.799 e. The van der Waals surface area contributed by atoms with Crippen molar-refractivity contribution in [1.82, 2.24) is 4.61 Å². The molecule has 0 rings (SSSR count). The van der Waals surface area contributed by atoms with Crippen LogP contribution >= 0.6 is 19.5 Å². The van der Waals surface area contributed by atoms with E-state index < -0.39 is 7.75 Å². The van der Waals surface area contributed by atoms with Gasteiger partial charge in [0.25, 0.3) is 0 Å². The fourth-order valence-electron chi connectivity index (χ4n) is 0. The van der Waals surface area contributed by atoms with E-state index in [4.69, 9.17) is 0 Å². The van der Waals surface area contributed by atoms with Gasteiger partial charge in [-0.05, 0) is 11.8 Å². The molecule has 0 aliphatic rings. The molecule has 0 aromatic rings. The summed E-state index contributed by atoms with van der Waals surface area (Å²) < 4.78 is 10.3.